The van der Waals surface area contributed by atoms with Crippen LogP contribution < -0.4 is 5.73 Å². The number of amides is 2. The topological polar surface area (TPSA) is 63.4 Å². The van der Waals surface area contributed by atoms with E-state index in [1.54, 1.807) is 47.8 Å². The van der Waals surface area contributed by atoms with Crippen LogP contribution in [0.1, 0.15) is 32.8 Å². The average Bonchev–Trinajstić information content (AvgIpc) is 2.89. The van der Waals surface area contributed by atoms with E-state index < -0.39 is 5.91 Å². The van der Waals surface area contributed by atoms with E-state index in [4.69, 9.17) is 5.73 Å². The van der Waals surface area contributed by atoms with E-state index in [9.17, 15) is 9.59 Å². The van der Waals surface area contributed by atoms with Crippen molar-refractivity contribution in [2.45, 2.75) is 19.4 Å². The first-order valence-corrected chi connectivity index (χ1v) is 8.43. The lowest BCUT2D eigenvalue weighted by molar-refractivity contribution is -0.126. The number of fused-ring (bicyclic) bond motifs is 1. The molecule has 3 rings (SSSR count). The lowest BCUT2D eigenvalue weighted by atomic mass is 10.1. The van der Waals surface area contributed by atoms with Crippen molar-refractivity contribution >= 4 is 29.2 Å². The second kappa shape index (κ2) is 6.79. The molecule has 23 heavy (non-hydrogen) atoms. The molecular weight excluding hydrogens is 308 g/mol. The number of carbonyl (C=O) groups is 2. The van der Waals surface area contributed by atoms with Crippen LogP contribution in [0.5, 0.6) is 0 Å². The summed E-state index contributed by atoms with van der Waals surface area (Å²) in [4.78, 5) is 26.7. The number of benzene rings is 1. The number of nitrogens with two attached hydrogens (primary N) is 1. The van der Waals surface area contributed by atoms with Gasteiger partial charge < -0.3 is 10.6 Å². The number of aryl methyl sites for hydroxylation is 1. The summed E-state index contributed by atoms with van der Waals surface area (Å²) in [5.74, 6) is -0.434. The monoisotopic (exact) mass is 326 g/mol. The summed E-state index contributed by atoms with van der Waals surface area (Å²) in [5, 5.41) is 2.09. The van der Waals surface area contributed by atoms with Crippen molar-refractivity contribution in [3.05, 3.63) is 63.4 Å². The summed E-state index contributed by atoms with van der Waals surface area (Å²) in [5.41, 5.74) is 7.81. The Bertz CT molecular complexity index is 747. The molecular formula is C18H18N2O2S. The fourth-order valence-corrected chi connectivity index (χ4v) is 3.60. The zero-order chi connectivity index (χ0) is 16.2. The minimum atomic E-state index is -0.451. The maximum atomic E-state index is 12.4. The van der Waals surface area contributed by atoms with Crippen molar-refractivity contribution in [3.63, 3.8) is 0 Å². The van der Waals surface area contributed by atoms with Gasteiger partial charge in [0.05, 0.1) is 0 Å². The van der Waals surface area contributed by atoms with Crippen LogP contribution in [0.2, 0.25) is 0 Å². The third-order valence-corrected chi connectivity index (χ3v) is 4.98. The standard InChI is InChI=1S/C18H18N2O2S/c19-18(22)14-6-3-13(4-7-14)5-8-17(21)20-10-1-2-16-15(12-20)9-11-23-16/h3-9,11H,1-2,10,12H2,(H2,19,22)/b8-5+. The molecule has 0 unspecified atom stereocenters. The molecule has 4 nitrogen and oxygen atoms in total. The molecule has 2 N–H and O–H groups in total. The highest BCUT2D eigenvalue weighted by atomic mass is 32.1. The van der Waals surface area contributed by atoms with Crippen molar-refractivity contribution < 1.29 is 9.59 Å². The molecule has 2 heterocycles. The van der Waals surface area contributed by atoms with Crippen molar-refractivity contribution in [3.8, 4) is 0 Å². The van der Waals surface area contributed by atoms with E-state index >= 15 is 0 Å². The maximum absolute atomic E-state index is 12.4. The molecule has 5 heteroatoms. The van der Waals surface area contributed by atoms with Crippen LogP contribution >= 0.6 is 11.3 Å². The molecule has 0 radical (unpaired) electrons. The average molecular weight is 326 g/mol. The van der Waals surface area contributed by atoms with Crippen LogP contribution in [0.25, 0.3) is 6.08 Å². The Hall–Kier alpha value is -2.40. The summed E-state index contributed by atoms with van der Waals surface area (Å²) < 4.78 is 0. The Morgan fingerprint density at radius 3 is 2.70 bits per heavy atom. The molecule has 0 atom stereocenters. The normalized spacial score (nSPS) is 14.5. The number of hydrogen-bond acceptors (Lipinski definition) is 3. The molecule has 1 aliphatic rings. The first-order valence-electron chi connectivity index (χ1n) is 7.55. The van der Waals surface area contributed by atoms with Crippen LogP contribution in [-0.2, 0) is 17.8 Å². The molecule has 2 amide bonds. The van der Waals surface area contributed by atoms with Crippen LogP contribution in [0, 0.1) is 0 Å². The second-order valence-corrected chi connectivity index (χ2v) is 6.55. The summed E-state index contributed by atoms with van der Waals surface area (Å²) in [6.07, 6.45) is 5.42. The van der Waals surface area contributed by atoms with E-state index in [0.29, 0.717) is 12.1 Å². The smallest absolute Gasteiger partial charge is 0.248 e. The molecule has 0 bridgehead atoms. The molecule has 118 valence electrons. The molecule has 1 aliphatic heterocycles. The minimum absolute atomic E-state index is 0.0167. The fraction of sp³-hybridized carbons (Fsp3) is 0.222. The predicted octanol–water partition coefficient (Wildman–Crippen LogP) is 2.84. The van der Waals surface area contributed by atoms with Crippen LogP contribution in [0.4, 0.5) is 0 Å². The Morgan fingerprint density at radius 1 is 1.17 bits per heavy atom. The van der Waals surface area contributed by atoms with Crippen molar-refractivity contribution in [2.24, 2.45) is 5.73 Å². The lowest BCUT2D eigenvalue weighted by Gasteiger charge is -2.18. The van der Waals surface area contributed by atoms with Gasteiger partial charge in [-0.3, -0.25) is 9.59 Å². The third-order valence-electron chi connectivity index (χ3n) is 3.96. The van der Waals surface area contributed by atoms with E-state index in [2.05, 4.69) is 11.4 Å². The number of primary amides is 1. The van der Waals surface area contributed by atoms with Gasteiger partial charge in [-0.2, -0.15) is 0 Å². The molecule has 0 spiro atoms. The summed E-state index contributed by atoms with van der Waals surface area (Å²) in [6.45, 7) is 1.47. The maximum Gasteiger partial charge on any atom is 0.248 e. The summed E-state index contributed by atoms with van der Waals surface area (Å²) >= 11 is 1.77. The highest BCUT2D eigenvalue weighted by Gasteiger charge is 2.17. The molecule has 1 aromatic carbocycles. The number of hydrogen-bond donors (Lipinski definition) is 1. The highest BCUT2D eigenvalue weighted by molar-refractivity contribution is 7.10. The van der Waals surface area contributed by atoms with Gasteiger partial charge in [0.2, 0.25) is 11.8 Å². The van der Waals surface area contributed by atoms with Crippen LogP contribution in [-0.4, -0.2) is 23.3 Å². The Morgan fingerprint density at radius 2 is 1.96 bits per heavy atom. The SMILES string of the molecule is NC(=O)c1ccc(/C=C/C(=O)N2CCCc3sccc3C2)cc1. The zero-order valence-corrected chi connectivity index (χ0v) is 13.5. The highest BCUT2D eigenvalue weighted by Crippen LogP contribution is 2.24. The molecule has 0 fully saturated rings. The van der Waals surface area contributed by atoms with Gasteiger partial charge in [0.1, 0.15) is 0 Å². The predicted molar refractivity (Wildman–Crippen MR) is 92.1 cm³/mol. The van der Waals surface area contributed by atoms with Crippen molar-refractivity contribution in [2.75, 3.05) is 6.54 Å². The van der Waals surface area contributed by atoms with Crippen molar-refractivity contribution in [1.29, 1.82) is 0 Å². The summed E-state index contributed by atoms with van der Waals surface area (Å²) in [6, 6.07) is 9.00. The number of thiophene rings is 1. The minimum Gasteiger partial charge on any atom is -0.366 e. The molecule has 0 saturated heterocycles. The molecule has 0 saturated carbocycles. The second-order valence-electron chi connectivity index (χ2n) is 5.55. The molecule has 1 aromatic heterocycles. The van der Waals surface area contributed by atoms with Crippen molar-refractivity contribution in [1.82, 2.24) is 4.90 Å². The lowest BCUT2D eigenvalue weighted by Crippen LogP contribution is -2.28. The zero-order valence-electron chi connectivity index (χ0n) is 12.7. The van der Waals surface area contributed by atoms with Gasteiger partial charge in [-0.05, 0) is 53.6 Å². The van der Waals surface area contributed by atoms with Gasteiger partial charge in [-0.1, -0.05) is 12.1 Å². The van der Waals surface area contributed by atoms with E-state index in [1.165, 1.54) is 10.4 Å². The largest absolute Gasteiger partial charge is 0.366 e. The van der Waals surface area contributed by atoms with Gasteiger partial charge in [-0.15, -0.1) is 11.3 Å². The summed E-state index contributed by atoms with van der Waals surface area (Å²) in [7, 11) is 0. The van der Waals surface area contributed by atoms with Crippen LogP contribution in [0.15, 0.2) is 41.8 Å². The van der Waals surface area contributed by atoms with E-state index in [0.717, 1.165) is 24.9 Å². The Balaban J connectivity index is 1.67. The number of rotatable bonds is 3. The number of nitrogens with zero attached hydrogens (tertiary/aromatic N) is 1. The first-order chi connectivity index (χ1) is 11.1. The Labute approximate surface area is 139 Å². The number of carbonyl (C=O) groups excluding carboxylic acids is 2. The van der Waals surface area contributed by atoms with E-state index in [1.807, 2.05) is 4.90 Å². The van der Waals surface area contributed by atoms with E-state index in [-0.39, 0.29) is 5.91 Å². The van der Waals surface area contributed by atoms with Gasteiger partial charge >= 0.3 is 0 Å². The van der Waals surface area contributed by atoms with Gasteiger partial charge in [0, 0.05) is 29.6 Å². The quantitative estimate of drug-likeness (QED) is 0.882. The molecule has 2 aromatic rings. The van der Waals surface area contributed by atoms with Crippen LogP contribution in [0.3, 0.4) is 0 Å². The Kier molecular flexibility index (Phi) is 4.57. The van der Waals surface area contributed by atoms with Gasteiger partial charge in [0.15, 0.2) is 0 Å². The fourth-order valence-electron chi connectivity index (χ4n) is 2.66. The third kappa shape index (κ3) is 3.68. The van der Waals surface area contributed by atoms with Gasteiger partial charge in [0.25, 0.3) is 0 Å². The molecule has 0 aliphatic carbocycles. The van der Waals surface area contributed by atoms with Gasteiger partial charge in [-0.25, -0.2) is 0 Å². The first kappa shape index (κ1) is 15.5.